The van der Waals surface area contributed by atoms with Gasteiger partial charge in [-0.05, 0) is 41.5 Å². The molecule has 2 amide bonds. The van der Waals surface area contributed by atoms with Crippen molar-refractivity contribution in [3.63, 3.8) is 0 Å². The largest absolute Gasteiger partial charge is 0.487 e. The Morgan fingerprint density at radius 2 is 1.95 bits per heavy atom. The molecule has 0 aromatic heterocycles. The van der Waals surface area contributed by atoms with Crippen LogP contribution < -0.4 is 15.9 Å². The molecule has 0 unspecified atom stereocenters. The van der Waals surface area contributed by atoms with Gasteiger partial charge in [-0.1, -0.05) is 35.3 Å². The van der Waals surface area contributed by atoms with Gasteiger partial charge in [-0.25, -0.2) is 10.2 Å². The summed E-state index contributed by atoms with van der Waals surface area (Å²) in [6.45, 7) is 0.382. The number of hydrogen-bond acceptors (Lipinski definition) is 3. The van der Waals surface area contributed by atoms with Crippen molar-refractivity contribution in [3.05, 3.63) is 63.6 Å². The lowest BCUT2D eigenvalue weighted by molar-refractivity contribution is 0.249. The Morgan fingerprint density at radius 3 is 2.59 bits per heavy atom. The molecule has 0 aliphatic heterocycles. The molecule has 2 aromatic carbocycles. The quantitative estimate of drug-likeness (QED) is 0.646. The van der Waals surface area contributed by atoms with E-state index in [1.165, 1.54) is 6.21 Å². The number of benzene rings is 2. The van der Waals surface area contributed by atoms with Crippen molar-refractivity contribution in [1.82, 2.24) is 5.43 Å². The van der Waals surface area contributed by atoms with Crippen molar-refractivity contribution in [2.45, 2.75) is 6.61 Å². The molecule has 0 fully saturated rings. The molecule has 2 aromatic rings. The normalized spacial score (nSPS) is 10.6. The second kappa shape index (κ2) is 7.68. The minimum Gasteiger partial charge on any atom is -0.487 e. The number of hydrazone groups is 1. The maximum absolute atomic E-state index is 10.5. The van der Waals surface area contributed by atoms with Crippen LogP contribution in [0.3, 0.4) is 0 Å². The predicted octanol–water partition coefficient (Wildman–Crippen LogP) is 3.57. The van der Waals surface area contributed by atoms with E-state index in [1.807, 2.05) is 12.1 Å². The number of halogens is 2. The fourth-order valence-electron chi connectivity index (χ4n) is 1.63. The topological polar surface area (TPSA) is 76.7 Å². The zero-order valence-corrected chi connectivity index (χ0v) is 12.9. The van der Waals surface area contributed by atoms with Crippen molar-refractivity contribution in [1.29, 1.82) is 0 Å². The predicted molar refractivity (Wildman–Crippen MR) is 87.5 cm³/mol. The number of nitrogens with zero attached hydrogens (tertiary/aromatic N) is 1. The van der Waals surface area contributed by atoms with E-state index in [9.17, 15) is 4.79 Å². The highest BCUT2D eigenvalue weighted by Gasteiger charge is 2.03. The first-order valence-corrected chi connectivity index (χ1v) is 7.05. The van der Waals surface area contributed by atoms with Crippen molar-refractivity contribution in [2.24, 2.45) is 10.8 Å². The van der Waals surface area contributed by atoms with Gasteiger partial charge in [-0.3, -0.25) is 0 Å². The van der Waals surface area contributed by atoms with E-state index in [0.717, 1.165) is 5.56 Å². The fraction of sp³-hybridized carbons (Fsp3) is 0.0667. The summed E-state index contributed by atoms with van der Waals surface area (Å²) >= 11 is 12.0. The van der Waals surface area contributed by atoms with Crippen LogP contribution in [0.5, 0.6) is 5.75 Å². The van der Waals surface area contributed by atoms with Crippen LogP contribution in [-0.2, 0) is 6.61 Å². The molecule has 3 N–H and O–H groups in total. The van der Waals surface area contributed by atoms with Crippen LogP contribution in [0, 0.1) is 0 Å². The van der Waals surface area contributed by atoms with E-state index in [0.29, 0.717) is 28.0 Å². The zero-order valence-electron chi connectivity index (χ0n) is 11.4. The van der Waals surface area contributed by atoms with E-state index < -0.39 is 6.03 Å². The van der Waals surface area contributed by atoms with Crippen LogP contribution in [-0.4, -0.2) is 12.2 Å². The average Bonchev–Trinajstić information content (AvgIpc) is 2.48. The molecule has 114 valence electrons. The third-order valence-electron chi connectivity index (χ3n) is 2.65. The molecule has 0 heterocycles. The highest BCUT2D eigenvalue weighted by atomic mass is 35.5. The monoisotopic (exact) mass is 337 g/mol. The number of amides is 2. The van der Waals surface area contributed by atoms with Crippen LogP contribution in [0.25, 0.3) is 0 Å². The summed E-state index contributed by atoms with van der Waals surface area (Å²) in [4.78, 5) is 10.5. The van der Waals surface area contributed by atoms with Gasteiger partial charge in [0.05, 0.1) is 11.2 Å². The van der Waals surface area contributed by atoms with Crippen molar-refractivity contribution in [3.8, 4) is 5.75 Å². The summed E-state index contributed by atoms with van der Waals surface area (Å²) in [5, 5.41) is 4.77. The first kappa shape index (κ1) is 16.1. The number of carbonyl (C=O) groups excluding carboxylic acids is 1. The minimum atomic E-state index is -0.731. The second-order valence-corrected chi connectivity index (χ2v) is 5.18. The molecule has 22 heavy (non-hydrogen) atoms. The van der Waals surface area contributed by atoms with Crippen molar-refractivity contribution >= 4 is 35.4 Å². The number of urea groups is 1. The van der Waals surface area contributed by atoms with Gasteiger partial charge in [-0.2, -0.15) is 5.10 Å². The Labute approximate surface area is 137 Å². The number of ether oxygens (including phenoxy) is 1. The van der Waals surface area contributed by atoms with E-state index in [-0.39, 0.29) is 0 Å². The molecule has 0 aliphatic rings. The van der Waals surface area contributed by atoms with Crippen LogP contribution in [0.4, 0.5) is 4.79 Å². The smallest absolute Gasteiger partial charge is 0.332 e. The molecule has 0 aliphatic carbocycles. The van der Waals surface area contributed by atoms with Crippen molar-refractivity contribution in [2.75, 3.05) is 0 Å². The van der Waals surface area contributed by atoms with Gasteiger partial charge in [0.1, 0.15) is 12.4 Å². The third kappa shape index (κ3) is 4.95. The highest BCUT2D eigenvalue weighted by molar-refractivity contribution is 6.32. The maximum Gasteiger partial charge on any atom is 0.332 e. The standard InChI is InChI=1S/C15H13Cl2N3O2/c16-12-4-1-10(2-5-12)9-22-14-6-3-11(7-13(14)17)8-19-20-15(18)21/h1-8H,9H2,(H3,18,20,21)/b19-8-. The molecule has 0 saturated carbocycles. The first-order chi connectivity index (χ1) is 10.5. The fourth-order valence-corrected chi connectivity index (χ4v) is 2.00. The lowest BCUT2D eigenvalue weighted by Gasteiger charge is -2.08. The average molecular weight is 338 g/mol. The van der Waals surface area contributed by atoms with Gasteiger partial charge in [0.15, 0.2) is 0 Å². The Balaban J connectivity index is 1.98. The van der Waals surface area contributed by atoms with Crippen LogP contribution in [0.1, 0.15) is 11.1 Å². The van der Waals surface area contributed by atoms with Crippen LogP contribution in [0.2, 0.25) is 10.0 Å². The number of rotatable bonds is 5. The number of nitrogens with one attached hydrogen (secondary N) is 1. The van der Waals surface area contributed by atoms with Gasteiger partial charge in [-0.15, -0.1) is 0 Å². The van der Waals surface area contributed by atoms with Crippen LogP contribution >= 0.6 is 23.2 Å². The molecule has 0 atom stereocenters. The lowest BCUT2D eigenvalue weighted by Crippen LogP contribution is -2.24. The SMILES string of the molecule is NC(=O)N/N=C\c1ccc(OCc2ccc(Cl)cc2)c(Cl)c1. The first-order valence-electron chi connectivity index (χ1n) is 6.30. The summed E-state index contributed by atoms with van der Waals surface area (Å²) in [5.41, 5.74) is 8.69. The van der Waals surface area contributed by atoms with Gasteiger partial charge in [0, 0.05) is 5.02 Å². The molecule has 7 heteroatoms. The molecule has 0 saturated heterocycles. The molecule has 0 spiro atoms. The molecule has 0 radical (unpaired) electrons. The summed E-state index contributed by atoms with van der Waals surface area (Å²) in [5.74, 6) is 0.552. The maximum atomic E-state index is 10.5. The second-order valence-electron chi connectivity index (χ2n) is 4.34. The number of primary amides is 1. The Bertz CT molecular complexity index is 688. The third-order valence-corrected chi connectivity index (χ3v) is 3.20. The Kier molecular flexibility index (Phi) is 5.63. The minimum absolute atomic E-state index is 0.382. The van der Waals surface area contributed by atoms with E-state index >= 15 is 0 Å². The molecular weight excluding hydrogens is 325 g/mol. The zero-order chi connectivity index (χ0) is 15.9. The number of carbonyl (C=O) groups is 1. The number of nitrogens with two attached hydrogens (primary N) is 1. The summed E-state index contributed by atoms with van der Waals surface area (Å²) in [6.07, 6.45) is 1.43. The van der Waals surface area contributed by atoms with Gasteiger partial charge >= 0.3 is 6.03 Å². The Hall–Kier alpha value is -2.24. The van der Waals surface area contributed by atoms with Gasteiger partial charge in [0.25, 0.3) is 0 Å². The van der Waals surface area contributed by atoms with E-state index in [2.05, 4.69) is 10.5 Å². The molecule has 5 nitrogen and oxygen atoms in total. The summed E-state index contributed by atoms with van der Waals surface area (Å²) in [6, 6.07) is 11.8. The highest BCUT2D eigenvalue weighted by Crippen LogP contribution is 2.26. The van der Waals surface area contributed by atoms with Crippen molar-refractivity contribution < 1.29 is 9.53 Å². The molecule has 0 bridgehead atoms. The van der Waals surface area contributed by atoms with Gasteiger partial charge in [0.2, 0.25) is 0 Å². The number of hydrogen-bond donors (Lipinski definition) is 2. The summed E-state index contributed by atoms with van der Waals surface area (Å²) < 4.78 is 5.65. The van der Waals surface area contributed by atoms with E-state index in [4.69, 9.17) is 33.7 Å². The lowest BCUT2D eigenvalue weighted by atomic mass is 10.2. The van der Waals surface area contributed by atoms with Crippen LogP contribution in [0.15, 0.2) is 47.6 Å². The Morgan fingerprint density at radius 1 is 1.23 bits per heavy atom. The van der Waals surface area contributed by atoms with Gasteiger partial charge < -0.3 is 10.5 Å². The summed E-state index contributed by atoms with van der Waals surface area (Å²) in [7, 11) is 0. The van der Waals surface area contributed by atoms with E-state index in [1.54, 1.807) is 30.3 Å². The molecular formula is C15H13Cl2N3O2. The molecule has 2 rings (SSSR count).